The molecule has 4 N–H and O–H groups in total. The largest absolute Gasteiger partial charge is 0.416 e. The second-order valence-electron chi connectivity index (χ2n) is 7.56. The normalized spacial score (nSPS) is 11.7. The molecule has 0 saturated carbocycles. The number of amides is 1. The fraction of sp³-hybridized carbons (Fsp3) is 0.0870. The number of aromatic nitrogens is 3. The summed E-state index contributed by atoms with van der Waals surface area (Å²) < 4.78 is 40.7. The molecule has 4 heterocycles. The standard InChI is InChI=1S/C23H17F3N6OS2/c1-12-20(32-9-8-13(23(24,25)26)10-18(32)28-12)16-11-34-22(30-16)31-19-7-6-17(35-19)21(33)29-15-5-3-2-4-14(15)27/h2-11H,27H2,1H3,(H,29,33)(H,30,31). The molecule has 5 aromatic rings. The van der Waals surface area contributed by atoms with E-state index >= 15 is 0 Å². The SMILES string of the molecule is Cc1nc2cc(C(F)(F)F)ccn2c1-c1csc(Nc2ccc(C(=O)Nc3ccccc3N)s2)n1. The minimum atomic E-state index is -4.44. The summed E-state index contributed by atoms with van der Waals surface area (Å²) in [7, 11) is 0. The molecule has 0 spiro atoms. The van der Waals surface area contributed by atoms with Crippen LogP contribution in [0.2, 0.25) is 0 Å². The number of anilines is 4. The van der Waals surface area contributed by atoms with E-state index in [-0.39, 0.29) is 11.6 Å². The predicted octanol–water partition coefficient (Wildman–Crippen LogP) is 6.42. The molecule has 12 heteroatoms. The Morgan fingerprint density at radius 1 is 1.11 bits per heavy atom. The fourth-order valence-electron chi connectivity index (χ4n) is 3.51. The molecule has 0 aliphatic rings. The van der Waals surface area contributed by atoms with Crippen LogP contribution < -0.4 is 16.4 Å². The van der Waals surface area contributed by atoms with Crippen molar-refractivity contribution in [3.8, 4) is 11.4 Å². The van der Waals surface area contributed by atoms with Crippen LogP contribution in [0.5, 0.6) is 0 Å². The average Bonchev–Trinajstić information content (AvgIpc) is 3.52. The molecule has 0 aliphatic heterocycles. The highest BCUT2D eigenvalue weighted by molar-refractivity contribution is 7.19. The summed E-state index contributed by atoms with van der Waals surface area (Å²) in [6.45, 7) is 1.73. The molecule has 7 nitrogen and oxygen atoms in total. The Bertz CT molecular complexity index is 1550. The van der Waals surface area contributed by atoms with Crippen LogP contribution in [0.15, 0.2) is 60.1 Å². The number of imidazole rings is 1. The number of aryl methyl sites for hydroxylation is 1. The van der Waals surface area contributed by atoms with Gasteiger partial charge in [-0.05, 0) is 43.3 Å². The lowest BCUT2D eigenvalue weighted by Gasteiger charge is -2.07. The highest BCUT2D eigenvalue weighted by Gasteiger charge is 2.31. The molecule has 5 rings (SSSR count). The van der Waals surface area contributed by atoms with Crippen molar-refractivity contribution in [2.24, 2.45) is 0 Å². The Hall–Kier alpha value is -3.90. The lowest BCUT2D eigenvalue weighted by molar-refractivity contribution is -0.137. The van der Waals surface area contributed by atoms with Crippen molar-refractivity contribution in [1.82, 2.24) is 14.4 Å². The molecule has 178 valence electrons. The van der Waals surface area contributed by atoms with E-state index in [0.29, 0.717) is 43.5 Å². The lowest BCUT2D eigenvalue weighted by atomic mass is 10.2. The van der Waals surface area contributed by atoms with Gasteiger partial charge < -0.3 is 16.4 Å². The summed E-state index contributed by atoms with van der Waals surface area (Å²) >= 11 is 2.59. The van der Waals surface area contributed by atoms with E-state index in [9.17, 15) is 18.0 Å². The molecular weight excluding hydrogens is 497 g/mol. The van der Waals surface area contributed by atoms with Gasteiger partial charge in [0.1, 0.15) is 11.3 Å². The number of para-hydroxylation sites is 2. The number of thiazole rings is 1. The maximum atomic E-state index is 13.0. The smallest absolute Gasteiger partial charge is 0.397 e. The van der Waals surface area contributed by atoms with E-state index < -0.39 is 11.7 Å². The quantitative estimate of drug-likeness (QED) is 0.235. The highest BCUT2D eigenvalue weighted by Crippen LogP contribution is 2.34. The predicted molar refractivity (Wildman–Crippen MR) is 132 cm³/mol. The van der Waals surface area contributed by atoms with Crippen LogP contribution in [0, 0.1) is 6.92 Å². The number of thiophene rings is 1. The molecule has 1 amide bonds. The number of hydrogen-bond donors (Lipinski definition) is 3. The van der Waals surface area contributed by atoms with Gasteiger partial charge in [0.05, 0.1) is 38.2 Å². The first kappa shape index (κ1) is 22.9. The average molecular weight is 515 g/mol. The van der Waals surface area contributed by atoms with Crippen molar-refractivity contribution >= 4 is 55.7 Å². The minimum absolute atomic E-state index is 0.197. The third kappa shape index (κ3) is 4.57. The number of nitrogens with one attached hydrogen (secondary N) is 2. The number of alkyl halides is 3. The Kier molecular flexibility index (Phi) is 5.69. The van der Waals surface area contributed by atoms with Gasteiger partial charge in [0.2, 0.25) is 0 Å². The summed E-state index contributed by atoms with van der Waals surface area (Å²) in [5.41, 5.74) is 8.10. The van der Waals surface area contributed by atoms with Crippen LogP contribution in [0.25, 0.3) is 17.0 Å². The minimum Gasteiger partial charge on any atom is -0.397 e. The Morgan fingerprint density at radius 2 is 1.91 bits per heavy atom. The summed E-state index contributed by atoms with van der Waals surface area (Å²) in [5, 5.41) is 9.05. The van der Waals surface area contributed by atoms with E-state index in [0.717, 1.165) is 12.1 Å². The number of carbonyl (C=O) groups excluding carboxylic acids is 1. The first-order chi connectivity index (χ1) is 16.7. The van der Waals surface area contributed by atoms with Gasteiger partial charge in [0, 0.05) is 11.6 Å². The van der Waals surface area contributed by atoms with Gasteiger partial charge >= 0.3 is 6.18 Å². The van der Waals surface area contributed by atoms with Gasteiger partial charge in [-0.2, -0.15) is 13.2 Å². The highest BCUT2D eigenvalue weighted by atomic mass is 32.1. The van der Waals surface area contributed by atoms with Crippen LogP contribution in [-0.4, -0.2) is 20.3 Å². The number of rotatable bonds is 5. The monoisotopic (exact) mass is 514 g/mol. The third-order valence-corrected chi connectivity index (χ3v) is 6.90. The van der Waals surface area contributed by atoms with Gasteiger partial charge in [0.15, 0.2) is 5.13 Å². The first-order valence-corrected chi connectivity index (χ1v) is 11.9. The number of benzene rings is 1. The number of nitrogen functional groups attached to an aromatic ring is 1. The second-order valence-corrected chi connectivity index (χ2v) is 9.50. The van der Waals surface area contributed by atoms with E-state index in [4.69, 9.17) is 5.73 Å². The van der Waals surface area contributed by atoms with E-state index in [2.05, 4.69) is 20.6 Å². The Morgan fingerprint density at radius 3 is 2.69 bits per heavy atom. The van der Waals surface area contributed by atoms with E-state index in [1.807, 2.05) is 0 Å². The number of halogens is 3. The molecule has 0 fully saturated rings. The van der Waals surface area contributed by atoms with E-state index in [1.54, 1.807) is 53.1 Å². The maximum absolute atomic E-state index is 13.0. The Labute approximate surface area is 205 Å². The number of pyridine rings is 1. The zero-order valence-corrected chi connectivity index (χ0v) is 19.7. The first-order valence-electron chi connectivity index (χ1n) is 10.2. The third-order valence-electron chi connectivity index (χ3n) is 5.14. The van der Waals surface area contributed by atoms with Crippen LogP contribution >= 0.6 is 22.7 Å². The van der Waals surface area contributed by atoms with Gasteiger partial charge in [0.25, 0.3) is 5.91 Å². The number of carbonyl (C=O) groups is 1. The molecule has 1 aromatic carbocycles. The van der Waals surface area contributed by atoms with Crippen LogP contribution in [0.3, 0.4) is 0 Å². The van der Waals surface area contributed by atoms with Gasteiger partial charge in [-0.3, -0.25) is 9.20 Å². The zero-order chi connectivity index (χ0) is 24.7. The molecule has 0 atom stereocenters. The number of nitrogens with two attached hydrogens (primary N) is 1. The van der Waals surface area contributed by atoms with E-state index in [1.165, 1.54) is 28.9 Å². The van der Waals surface area contributed by atoms with Gasteiger partial charge in [-0.25, -0.2) is 9.97 Å². The topological polar surface area (TPSA) is 97.3 Å². The number of nitrogens with zero attached hydrogens (tertiary/aromatic N) is 3. The van der Waals surface area contributed by atoms with Crippen molar-refractivity contribution in [3.63, 3.8) is 0 Å². The molecule has 0 unspecified atom stereocenters. The molecular formula is C23H17F3N6OS2. The summed E-state index contributed by atoms with van der Waals surface area (Å²) in [4.78, 5) is 21.9. The summed E-state index contributed by atoms with van der Waals surface area (Å²) in [6.07, 6.45) is -3.09. The summed E-state index contributed by atoms with van der Waals surface area (Å²) in [6, 6.07) is 12.5. The van der Waals surface area contributed by atoms with Crippen molar-refractivity contribution in [1.29, 1.82) is 0 Å². The molecule has 0 aliphatic carbocycles. The molecule has 35 heavy (non-hydrogen) atoms. The van der Waals surface area contributed by atoms with Crippen molar-refractivity contribution in [2.45, 2.75) is 13.1 Å². The van der Waals surface area contributed by atoms with Crippen molar-refractivity contribution < 1.29 is 18.0 Å². The lowest BCUT2D eigenvalue weighted by Crippen LogP contribution is -2.11. The van der Waals surface area contributed by atoms with Gasteiger partial charge in [-0.15, -0.1) is 22.7 Å². The molecule has 0 saturated heterocycles. The van der Waals surface area contributed by atoms with Crippen LogP contribution in [-0.2, 0) is 6.18 Å². The maximum Gasteiger partial charge on any atom is 0.416 e. The Balaban J connectivity index is 1.34. The van der Waals surface area contributed by atoms with Crippen LogP contribution in [0.4, 0.5) is 34.7 Å². The zero-order valence-electron chi connectivity index (χ0n) is 18.1. The van der Waals surface area contributed by atoms with Crippen LogP contribution in [0.1, 0.15) is 20.9 Å². The second kappa shape index (κ2) is 8.71. The molecule has 4 aromatic heterocycles. The van der Waals surface area contributed by atoms with Gasteiger partial charge in [-0.1, -0.05) is 12.1 Å². The van der Waals surface area contributed by atoms with Crippen molar-refractivity contribution in [3.05, 3.63) is 76.2 Å². The number of fused-ring (bicyclic) bond motifs is 1. The molecule has 0 radical (unpaired) electrons. The fourth-order valence-corrected chi connectivity index (χ4v) is 5.09. The molecule has 0 bridgehead atoms. The number of hydrogen-bond acceptors (Lipinski definition) is 7. The summed E-state index contributed by atoms with van der Waals surface area (Å²) in [5.74, 6) is -0.277. The van der Waals surface area contributed by atoms with Crippen molar-refractivity contribution in [2.75, 3.05) is 16.4 Å².